The van der Waals surface area contributed by atoms with Crippen LogP contribution in [-0.2, 0) is 19.8 Å². The zero-order valence-electron chi connectivity index (χ0n) is 16.5. The van der Waals surface area contributed by atoms with Crippen LogP contribution >= 0.6 is 7.60 Å². The molecule has 0 aliphatic rings. The molecular weight excluding hydrogens is 411 g/mol. The molecule has 0 bridgehead atoms. The van der Waals surface area contributed by atoms with Crippen molar-refractivity contribution in [3.05, 3.63) is 120 Å². The van der Waals surface area contributed by atoms with E-state index in [1.165, 1.54) is 0 Å². The van der Waals surface area contributed by atoms with E-state index in [4.69, 9.17) is 9.05 Å². The van der Waals surface area contributed by atoms with Gasteiger partial charge in [0.2, 0.25) is 0 Å². The molecule has 0 aliphatic carbocycles. The Kier molecular flexibility index (Phi) is 5.96. The number of rotatable bonds is 6. The summed E-state index contributed by atoms with van der Waals surface area (Å²) in [6.45, 7) is 0. The predicted octanol–water partition coefficient (Wildman–Crippen LogP) is 6.25. The van der Waals surface area contributed by atoms with Crippen molar-refractivity contribution in [3.63, 3.8) is 0 Å². The van der Waals surface area contributed by atoms with Gasteiger partial charge in [0, 0.05) is 0 Å². The first-order chi connectivity index (χ1) is 15.0. The van der Waals surface area contributed by atoms with Crippen LogP contribution in [0, 0.1) is 0 Å². The van der Waals surface area contributed by atoms with Gasteiger partial charge >= 0.3 is 19.5 Å². The first-order valence-electron chi connectivity index (χ1n) is 9.68. The van der Waals surface area contributed by atoms with Crippen LogP contribution < -0.4 is 0 Å². The van der Waals surface area contributed by atoms with Crippen LogP contribution in [0.2, 0.25) is 0 Å². The molecule has 6 heteroatoms. The lowest BCUT2D eigenvalue weighted by atomic mass is 10.1. The third-order valence-corrected chi connectivity index (χ3v) is 6.32. The van der Waals surface area contributed by atoms with Crippen molar-refractivity contribution in [2.24, 2.45) is 0 Å². The van der Waals surface area contributed by atoms with Gasteiger partial charge in [-0.05, 0) is 40.6 Å². The van der Waals surface area contributed by atoms with Crippen LogP contribution in [0.4, 0.5) is 0 Å². The number of benzene rings is 4. The van der Waals surface area contributed by atoms with E-state index in [0.717, 1.165) is 10.8 Å². The van der Waals surface area contributed by atoms with Crippen LogP contribution in [0.5, 0.6) is 0 Å². The summed E-state index contributed by atoms with van der Waals surface area (Å²) >= 11 is 0. The summed E-state index contributed by atoms with van der Waals surface area (Å²) in [5.41, 5.74) is 1.09. The van der Waals surface area contributed by atoms with Crippen molar-refractivity contribution in [1.82, 2.24) is 0 Å². The van der Waals surface area contributed by atoms with Crippen molar-refractivity contribution in [3.8, 4) is 0 Å². The SMILES string of the molecule is O=C(OP(=O)(Cc1cccc2ccccc12)OC(=O)c1ccccc1)c1ccccc1. The molecule has 154 valence electrons. The minimum absolute atomic E-state index is 0.219. The summed E-state index contributed by atoms with van der Waals surface area (Å²) < 4.78 is 24.4. The van der Waals surface area contributed by atoms with Crippen molar-refractivity contribution >= 4 is 30.3 Å². The Morgan fingerprint density at radius 3 is 1.68 bits per heavy atom. The lowest BCUT2D eigenvalue weighted by molar-refractivity contribution is 0.0628. The van der Waals surface area contributed by atoms with Gasteiger partial charge in [-0.3, -0.25) is 0 Å². The van der Waals surface area contributed by atoms with E-state index in [1.807, 2.05) is 36.4 Å². The van der Waals surface area contributed by atoms with Crippen molar-refractivity contribution in [2.45, 2.75) is 6.16 Å². The Hall–Kier alpha value is -3.69. The Balaban J connectivity index is 1.68. The quantitative estimate of drug-likeness (QED) is 0.338. The van der Waals surface area contributed by atoms with Crippen molar-refractivity contribution in [1.29, 1.82) is 0 Å². The number of fused-ring (bicyclic) bond motifs is 1. The summed E-state index contributed by atoms with van der Waals surface area (Å²) in [6.07, 6.45) is -0.231. The molecule has 0 amide bonds. The van der Waals surface area contributed by atoms with E-state index in [0.29, 0.717) is 5.56 Å². The monoisotopic (exact) mass is 430 g/mol. The van der Waals surface area contributed by atoms with Crippen molar-refractivity contribution < 1.29 is 23.2 Å². The van der Waals surface area contributed by atoms with E-state index < -0.39 is 19.5 Å². The fourth-order valence-corrected chi connectivity index (χ4v) is 4.80. The van der Waals surface area contributed by atoms with Gasteiger partial charge in [0.25, 0.3) is 0 Å². The van der Waals surface area contributed by atoms with Crippen LogP contribution in [-0.4, -0.2) is 11.9 Å². The van der Waals surface area contributed by atoms with E-state index >= 15 is 0 Å². The average molecular weight is 430 g/mol. The normalized spacial score (nSPS) is 11.1. The molecule has 0 N–H and O–H groups in total. The predicted molar refractivity (Wildman–Crippen MR) is 119 cm³/mol. The average Bonchev–Trinajstić information content (AvgIpc) is 2.80. The number of carbonyl (C=O) groups is 2. The van der Waals surface area contributed by atoms with E-state index in [1.54, 1.807) is 66.7 Å². The smallest absolute Gasteiger partial charge is 0.379 e. The topological polar surface area (TPSA) is 69.7 Å². The summed E-state index contributed by atoms with van der Waals surface area (Å²) in [7, 11) is -4.19. The van der Waals surface area contributed by atoms with Gasteiger partial charge in [0.1, 0.15) is 0 Å². The number of hydrogen-bond acceptors (Lipinski definition) is 5. The molecule has 0 aromatic heterocycles. The van der Waals surface area contributed by atoms with Gasteiger partial charge < -0.3 is 9.05 Å². The minimum atomic E-state index is -4.19. The molecule has 0 saturated carbocycles. The Morgan fingerprint density at radius 1 is 0.613 bits per heavy atom. The number of hydrogen-bond donors (Lipinski definition) is 0. The highest BCUT2D eigenvalue weighted by molar-refractivity contribution is 7.54. The molecule has 0 atom stereocenters. The second-order valence-electron chi connectivity index (χ2n) is 6.90. The molecule has 0 heterocycles. The maximum atomic E-state index is 13.7. The fourth-order valence-electron chi connectivity index (χ4n) is 3.23. The lowest BCUT2D eigenvalue weighted by Crippen LogP contribution is -2.11. The molecule has 0 spiro atoms. The van der Waals surface area contributed by atoms with Crippen molar-refractivity contribution in [2.75, 3.05) is 0 Å². The molecule has 4 aromatic rings. The van der Waals surface area contributed by atoms with Gasteiger partial charge in [0.15, 0.2) is 0 Å². The Labute approximate surface area is 179 Å². The van der Waals surface area contributed by atoms with Crippen LogP contribution in [0.3, 0.4) is 0 Å². The van der Waals surface area contributed by atoms with Gasteiger partial charge in [-0.1, -0.05) is 78.9 Å². The highest BCUT2D eigenvalue weighted by atomic mass is 31.2. The third-order valence-electron chi connectivity index (χ3n) is 4.71. The molecule has 4 aromatic carbocycles. The molecule has 0 fully saturated rings. The minimum Gasteiger partial charge on any atom is -0.379 e. The van der Waals surface area contributed by atoms with Gasteiger partial charge in [-0.15, -0.1) is 0 Å². The molecule has 0 radical (unpaired) electrons. The second kappa shape index (κ2) is 8.99. The zero-order chi connectivity index (χ0) is 21.7. The molecule has 0 unspecified atom stereocenters. The van der Waals surface area contributed by atoms with Crippen LogP contribution in [0.15, 0.2) is 103 Å². The molecule has 5 nitrogen and oxygen atoms in total. The van der Waals surface area contributed by atoms with Gasteiger partial charge in [-0.2, -0.15) is 0 Å². The number of carbonyl (C=O) groups excluding carboxylic acids is 2. The van der Waals surface area contributed by atoms with Gasteiger partial charge in [0.05, 0.1) is 17.3 Å². The summed E-state index contributed by atoms with van der Waals surface area (Å²) in [6, 6.07) is 29.5. The molecule has 0 aliphatic heterocycles. The standard InChI is InChI=1S/C25H19O5P/c26-24(20-11-3-1-4-12-20)29-31(28,30-25(27)21-13-5-2-6-14-21)18-22-16-9-15-19-10-7-8-17-23(19)22/h1-17H,18H2. The first kappa shape index (κ1) is 20.6. The molecule has 31 heavy (non-hydrogen) atoms. The maximum Gasteiger partial charge on any atom is 0.439 e. The third kappa shape index (κ3) is 4.90. The fraction of sp³-hybridized carbons (Fsp3) is 0.0400. The largest absolute Gasteiger partial charge is 0.439 e. The zero-order valence-corrected chi connectivity index (χ0v) is 17.4. The second-order valence-corrected chi connectivity index (χ2v) is 8.80. The van der Waals surface area contributed by atoms with Gasteiger partial charge in [-0.25, -0.2) is 14.2 Å². The molecule has 4 rings (SSSR count). The highest BCUT2D eigenvalue weighted by Gasteiger charge is 2.34. The summed E-state index contributed by atoms with van der Waals surface area (Å²) in [4.78, 5) is 25.3. The Bertz CT molecular complexity index is 1210. The highest BCUT2D eigenvalue weighted by Crippen LogP contribution is 2.53. The lowest BCUT2D eigenvalue weighted by Gasteiger charge is -2.19. The van der Waals surface area contributed by atoms with E-state index in [9.17, 15) is 14.2 Å². The van der Waals surface area contributed by atoms with E-state index in [2.05, 4.69) is 0 Å². The summed E-state index contributed by atoms with van der Waals surface area (Å²) in [5.74, 6) is -1.63. The van der Waals surface area contributed by atoms with Crippen LogP contribution in [0.1, 0.15) is 26.3 Å². The van der Waals surface area contributed by atoms with E-state index in [-0.39, 0.29) is 17.3 Å². The van der Waals surface area contributed by atoms with Crippen LogP contribution in [0.25, 0.3) is 10.8 Å². The molecule has 0 saturated heterocycles. The first-order valence-corrected chi connectivity index (χ1v) is 11.4. The molecular formula is C25H19O5P. The summed E-state index contributed by atoms with van der Waals surface area (Å²) in [5, 5.41) is 1.78. The Morgan fingerprint density at radius 2 is 1.10 bits per heavy atom. The maximum absolute atomic E-state index is 13.7.